The Bertz CT molecular complexity index is 1740. The van der Waals surface area contributed by atoms with Gasteiger partial charge in [-0.2, -0.15) is 0 Å². The van der Waals surface area contributed by atoms with Crippen LogP contribution in [0, 0.1) is 11.8 Å². The van der Waals surface area contributed by atoms with Crippen molar-refractivity contribution in [2.75, 3.05) is 26.8 Å². The topological polar surface area (TPSA) is 173 Å². The minimum atomic E-state index is -1.13. The molecule has 0 saturated heterocycles. The van der Waals surface area contributed by atoms with Crippen LogP contribution in [0.1, 0.15) is 61.6 Å². The molecule has 3 heterocycles. The van der Waals surface area contributed by atoms with E-state index in [9.17, 15) is 24.0 Å². The number of aryl methyl sites for hydroxylation is 1. The maximum atomic E-state index is 14.1. The minimum absolute atomic E-state index is 0.0842. The number of nitrogens with one attached hydrogen (secondary N) is 4. The van der Waals surface area contributed by atoms with Crippen LogP contribution >= 0.6 is 0 Å². The standard InChI is InChI=1S/C39H51N7O7/c1-24(2)16-29-22-53-31-14-10-27(11-15-31)18-33(44-38(50)34-20-45(4)23-40-34)37(49)43-32(17-26-8-12-30(52-5)13-9-26)36(48)41-25(3)39(51)46(19-28-6-7-28)21-35(47)42-29/h8-15,20,23-25,28-29,32-33H,6-7,16-19,21-22H2,1-5H3,(H,41,48)(H,42,47)(H,43,49)(H,44,50)/t25-,29+,32+,33+/m1/s1. The molecule has 14 heteroatoms. The molecule has 3 aliphatic rings. The Morgan fingerprint density at radius 3 is 2.34 bits per heavy atom. The van der Waals surface area contributed by atoms with E-state index in [4.69, 9.17) is 9.47 Å². The quantitative estimate of drug-likeness (QED) is 0.243. The smallest absolute Gasteiger partial charge is 0.272 e. The summed E-state index contributed by atoms with van der Waals surface area (Å²) in [4.78, 5) is 74.3. The van der Waals surface area contributed by atoms with Gasteiger partial charge in [-0.3, -0.25) is 24.0 Å². The van der Waals surface area contributed by atoms with Crippen molar-refractivity contribution in [2.45, 2.75) is 77.0 Å². The van der Waals surface area contributed by atoms with Crippen molar-refractivity contribution in [1.82, 2.24) is 35.7 Å². The van der Waals surface area contributed by atoms with E-state index in [2.05, 4.69) is 40.1 Å². The van der Waals surface area contributed by atoms with Crippen LogP contribution in [0.25, 0.3) is 0 Å². The van der Waals surface area contributed by atoms with Gasteiger partial charge in [-0.25, -0.2) is 4.98 Å². The summed E-state index contributed by atoms with van der Waals surface area (Å²) in [6, 6.07) is 10.7. The monoisotopic (exact) mass is 729 g/mol. The summed E-state index contributed by atoms with van der Waals surface area (Å²) in [6.45, 7) is 6.15. The predicted octanol–water partition coefficient (Wildman–Crippen LogP) is 2.16. The van der Waals surface area contributed by atoms with Gasteiger partial charge in [-0.1, -0.05) is 38.1 Å². The first-order valence-electron chi connectivity index (χ1n) is 18.2. The van der Waals surface area contributed by atoms with Crippen molar-refractivity contribution < 1.29 is 33.4 Å². The Morgan fingerprint density at radius 2 is 1.72 bits per heavy atom. The molecule has 1 aromatic heterocycles. The van der Waals surface area contributed by atoms with Gasteiger partial charge >= 0.3 is 0 Å². The average molecular weight is 730 g/mol. The van der Waals surface area contributed by atoms with E-state index in [0.717, 1.165) is 24.0 Å². The fourth-order valence-corrected chi connectivity index (χ4v) is 6.28. The third-order valence-corrected chi connectivity index (χ3v) is 9.28. The van der Waals surface area contributed by atoms with Gasteiger partial charge in [-0.05, 0) is 73.4 Å². The predicted molar refractivity (Wildman–Crippen MR) is 197 cm³/mol. The first-order chi connectivity index (χ1) is 25.4. The first-order valence-corrected chi connectivity index (χ1v) is 18.2. The molecule has 1 aliphatic carbocycles. The lowest BCUT2D eigenvalue weighted by Gasteiger charge is -2.29. The van der Waals surface area contributed by atoms with Gasteiger partial charge in [0, 0.05) is 32.6 Å². The lowest BCUT2D eigenvalue weighted by molar-refractivity contribution is -0.140. The van der Waals surface area contributed by atoms with Gasteiger partial charge < -0.3 is 40.2 Å². The zero-order valence-corrected chi connectivity index (χ0v) is 31.1. The third kappa shape index (κ3) is 11.5. The number of amides is 5. The first kappa shape index (κ1) is 38.8. The lowest BCUT2D eigenvalue weighted by Crippen LogP contribution is -2.58. The van der Waals surface area contributed by atoms with E-state index in [1.54, 1.807) is 68.2 Å². The van der Waals surface area contributed by atoms with Crippen LogP contribution in [0.3, 0.4) is 0 Å². The zero-order valence-electron chi connectivity index (χ0n) is 31.1. The van der Waals surface area contributed by atoms with Crippen molar-refractivity contribution in [1.29, 1.82) is 0 Å². The molecule has 1 saturated carbocycles. The fourth-order valence-electron chi connectivity index (χ4n) is 6.28. The molecule has 4 N–H and O–H groups in total. The molecule has 3 aromatic rings. The molecule has 0 spiro atoms. The minimum Gasteiger partial charge on any atom is -0.497 e. The molecule has 284 valence electrons. The molecule has 0 unspecified atom stereocenters. The second-order valence-electron chi connectivity index (χ2n) is 14.5. The van der Waals surface area contributed by atoms with Crippen LogP contribution in [-0.4, -0.2) is 95.0 Å². The number of benzene rings is 2. The van der Waals surface area contributed by atoms with E-state index in [1.807, 2.05) is 12.1 Å². The van der Waals surface area contributed by atoms with Crippen LogP contribution < -0.4 is 30.7 Å². The third-order valence-electron chi connectivity index (χ3n) is 9.28. The van der Waals surface area contributed by atoms with Crippen molar-refractivity contribution in [3.05, 3.63) is 77.9 Å². The van der Waals surface area contributed by atoms with Crippen LogP contribution in [0.2, 0.25) is 0 Å². The van der Waals surface area contributed by atoms with E-state index < -0.39 is 41.8 Å². The highest BCUT2D eigenvalue weighted by Gasteiger charge is 2.34. The van der Waals surface area contributed by atoms with Crippen molar-refractivity contribution in [2.24, 2.45) is 18.9 Å². The van der Waals surface area contributed by atoms with Crippen LogP contribution in [0.5, 0.6) is 11.5 Å². The number of carbonyl (C=O) groups is 5. The summed E-state index contributed by atoms with van der Waals surface area (Å²) >= 11 is 0. The number of fused-ring (bicyclic) bond motifs is 17. The molecule has 2 aliphatic heterocycles. The van der Waals surface area contributed by atoms with E-state index >= 15 is 0 Å². The number of hydrogen-bond acceptors (Lipinski definition) is 8. The number of carbonyl (C=O) groups excluding carboxylic acids is 5. The Hall–Kier alpha value is -5.40. The van der Waals surface area contributed by atoms with Gasteiger partial charge in [0.05, 0.1) is 26.0 Å². The van der Waals surface area contributed by atoms with E-state index in [0.29, 0.717) is 30.4 Å². The molecule has 6 rings (SSSR count). The molecule has 0 radical (unpaired) electrons. The number of aromatic nitrogens is 2. The fraction of sp³-hybridized carbons (Fsp3) is 0.487. The van der Waals surface area contributed by atoms with Gasteiger partial charge in [0.25, 0.3) is 5.91 Å². The SMILES string of the molecule is COc1ccc(C[C@@H]2NC(=O)[C@@H](NC(=O)c3cn(C)cn3)Cc3ccc(cc3)OC[C@H](CC(C)C)NC(=O)CN(CC3CC3)C(=O)[C@@H](C)NC2=O)cc1. The second-order valence-corrected chi connectivity index (χ2v) is 14.5. The molecule has 1 fully saturated rings. The Kier molecular flexibility index (Phi) is 13.1. The number of rotatable bonds is 9. The van der Waals surface area contributed by atoms with Crippen LogP contribution in [0.15, 0.2) is 61.1 Å². The Labute approximate surface area is 310 Å². The zero-order chi connectivity index (χ0) is 38.1. The maximum Gasteiger partial charge on any atom is 0.272 e. The van der Waals surface area contributed by atoms with E-state index in [-0.39, 0.29) is 49.6 Å². The summed E-state index contributed by atoms with van der Waals surface area (Å²) in [5.74, 6) is -0.689. The molecule has 14 nitrogen and oxygen atoms in total. The largest absolute Gasteiger partial charge is 0.497 e. The summed E-state index contributed by atoms with van der Waals surface area (Å²) in [7, 11) is 3.29. The van der Waals surface area contributed by atoms with Gasteiger partial charge in [-0.15, -0.1) is 0 Å². The average Bonchev–Trinajstić information content (AvgIpc) is 3.84. The lowest BCUT2D eigenvalue weighted by atomic mass is 10.0. The molecule has 53 heavy (non-hydrogen) atoms. The summed E-state index contributed by atoms with van der Waals surface area (Å²) in [5, 5.41) is 11.5. The normalized spacial score (nSPS) is 22.0. The molecular weight excluding hydrogens is 678 g/mol. The van der Waals surface area contributed by atoms with Gasteiger partial charge in [0.1, 0.15) is 41.9 Å². The highest BCUT2D eigenvalue weighted by molar-refractivity contribution is 5.98. The maximum absolute atomic E-state index is 14.1. The molecular formula is C39H51N7O7. The number of hydrogen-bond donors (Lipinski definition) is 4. The second kappa shape index (κ2) is 17.9. The van der Waals surface area contributed by atoms with E-state index in [1.165, 1.54) is 11.2 Å². The van der Waals surface area contributed by atoms with Crippen LogP contribution in [-0.2, 0) is 39.1 Å². The summed E-state index contributed by atoms with van der Waals surface area (Å²) in [6.07, 6.45) is 5.80. The van der Waals surface area contributed by atoms with Gasteiger partial charge in [0.2, 0.25) is 23.6 Å². The Morgan fingerprint density at radius 1 is 1.00 bits per heavy atom. The van der Waals surface area contributed by atoms with Gasteiger partial charge in [0.15, 0.2) is 0 Å². The number of methoxy groups -OCH3 is 1. The summed E-state index contributed by atoms with van der Waals surface area (Å²) in [5.41, 5.74) is 1.59. The molecule has 2 bridgehead atoms. The van der Waals surface area contributed by atoms with Crippen LogP contribution in [0.4, 0.5) is 0 Å². The van der Waals surface area contributed by atoms with Crippen molar-refractivity contribution in [3.8, 4) is 11.5 Å². The highest BCUT2D eigenvalue weighted by atomic mass is 16.5. The number of ether oxygens (including phenoxy) is 2. The highest BCUT2D eigenvalue weighted by Crippen LogP contribution is 2.30. The number of nitrogens with zero attached hydrogens (tertiary/aromatic N) is 3. The molecule has 2 aromatic carbocycles. The molecule has 5 amide bonds. The number of imidazole rings is 1. The van der Waals surface area contributed by atoms with Crippen molar-refractivity contribution >= 4 is 29.5 Å². The Balaban J connectivity index is 1.47. The summed E-state index contributed by atoms with van der Waals surface area (Å²) < 4.78 is 13.0. The molecule has 4 atom stereocenters. The van der Waals surface area contributed by atoms with Crippen molar-refractivity contribution in [3.63, 3.8) is 0 Å².